The van der Waals surface area contributed by atoms with Crippen LogP contribution in [0.25, 0.3) is 11.4 Å². The first-order chi connectivity index (χ1) is 12.4. The van der Waals surface area contributed by atoms with Crippen LogP contribution >= 0.6 is 12.4 Å². The second-order valence-electron chi connectivity index (χ2n) is 7.13. The van der Waals surface area contributed by atoms with Crippen molar-refractivity contribution in [1.82, 2.24) is 15.5 Å². The summed E-state index contributed by atoms with van der Waals surface area (Å²) in [6.45, 7) is 8.85. The Hall–Kier alpha value is -1.92. The third-order valence-electron chi connectivity index (χ3n) is 4.92. The molecule has 1 aromatic carbocycles. The number of aryl methyl sites for hydroxylation is 1. The van der Waals surface area contributed by atoms with E-state index in [1.807, 2.05) is 26.0 Å². The van der Waals surface area contributed by atoms with E-state index in [9.17, 15) is 4.79 Å². The Kier molecular flexibility index (Phi) is 8.93. The Bertz CT molecular complexity index is 709. The van der Waals surface area contributed by atoms with Crippen molar-refractivity contribution in [3.8, 4) is 11.4 Å². The number of aromatic nitrogens is 2. The van der Waals surface area contributed by atoms with Gasteiger partial charge in [0.05, 0.1) is 0 Å². The Balaban J connectivity index is 0.00000364. The number of benzene rings is 1. The molecule has 6 nitrogen and oxygen atoms in total. The molecular formula is C20H31ClN4O2. The zero-order valence-corrected chi connectivity index (χ0v) is 17.4. The summed E-state index contributed by atoms with van der Waals surface area (Å²) in [6.07, 6.45) is 2.37. The van der Waals surface area contributed by atoms with Gasteiger partial charge in [0, 0.05) is 30.5 Å². The highest BCUT2D eigenvalue weighted by atomic mass is 35.5. The average Bonchev–Trinajstić information content (AvgIpc) is 3.13. The average molecular weight is 395 g/mol. The number of halogens is 1. The van der Waals surface area contributed by atoms with Crippen molar-refractivity contribution in [2.45, 2.75) is 64.8 Å². The number of nitrogens with zero attached hydrogens (tertiary/aromatic N) is 2. The van der Waals surface area contributed by atoms with Crippen LogP contribution in [0.4, 0.5) is 0 Å². The van der Waals surface area contributed by atoms with Gasteiger partial charge in [-0.1, -0.05) is 57.1 Å². The molecule has 2 rings (SSSR count). The van der Waals surface area contributed by atoms with Crippen molar-refractivity contribution in [2.24, 2.45) is 5.73 Å². The fourth-order valence-electron chi connectivity index (χ4n) is 2.57. The molecule has 0 spiro atoms. The number of carbonyl (C=O) groups is 1. The van der Waals surface area contributed by atoms with E-state index in [2.05, 4.69) is 41.4 Å². The lowest BCUT2D eigenvalue weighted by Crippen LogP contribution is -2.49. The van der Waals surface area contributed by atoms with E-state index in [-0.39, 0.29) is 23.9 Å². The molecule has 27 heavy (non-hydrogen) atoms. The molecule has 2 aromatic rings. The van der Waals surface area contributed by atoms with E-state index in [0.717, 1.165) is 18.4 Å². The second-order valence-corrected chi connectivity index (χ2v) is 7.13. The van der Waals surface area contributed by atoms with Crippen LogP contribution in [0, 0.1) is 0 Å². The SMILES string of the molecule is CCC(N)(CC)CNC(=O)CCc1nc(-c2ccc(C(C)C)cc2)no1.Cl. The quantitative estimate of drug-likeness (QED) is 0.673. The number of hydrogen-bond acceptors (Lipinski definition) is 5. The normalized spacial score (nSPS) is 11.3. The molecule has 0 fully saturated rings. The van der Waals surface area contributed by atoms with E-state index in [1.165, 1.54) is 5.56 Å². The molecule has 0 saturated heterocycles. The van der Waals surface area contributed by atoms with Crippen LogP contribution < -0.4 is 11.1 Å². The molecular weight excluding hydrogens is 364 g/mol. The minimum Gasteiger partial charge on any atom is -0.354 e. The van der Waals surface area contributed by atoms with Crippen molar-refractivity contribution in [2.75, 3.05) is 6.54 Å². The van der Waals surface area contributed by atoms with Gasteiger partial charge in [0.25, 0.3) is 0 Å². The van der Waals surface area contributed by atoms with Gasteiger partial charge in [0.2, 0.25) is 17.6 Å². The highest BCUT2D eigenvalue weighted by Gasteiger charge is 2.21. The molecule has 3 N–H and O–H groups in total. The second kappa shape index (κ2) is 10.4. The summed E-state index contributed by atoms with van der Waals surface area (Å²) in [4.78, 5) is 16.4. The van der Waals surface area contributed by atoms with Crippen LogP contribution in [0.15, 0.2) is 28.8 Å². The van der Waals surface area contributed by atoms with Gasteiger partial charge >= 0.3 is 0 Å². The molecule has 0 radical (unpaired) electrons. The van der Waals surface area contributed by atoms with Crippen molar-refractivity contribution < 1.29 is 9.32 Å². The fourth-order valence-corrected chi connectivity index (χ4v) is 2.57. The number of nitrogens with two attached hydrogens (primary N) is 1. The van der Waals surface area contributed by atoms with Gasteiger partial charge in [0.15, 0.2) is 0 Å². The third kappa shape index (κ3) is 6.63. The van der Waals surface area contributed by atoms with Gasteiger partial charge < -0.3 is 15.6 Å². The summed E-state index contributed by atoms with van der Waals surface area (Å²) < 4.78 is 5.27. The number of nitrogens with one attached hydrogen (secondary N) is 1. The first-order valence-corrected chi connectivity index (χ1v) is 9.35. The van der Waals surface area contributed by atoms with Crippen molar-refractivity contribution in [3.63, 3.8) is 0 Å². The predicted molar refractivity (Wildman–Crippen MR) is 110 cm³/mol. The summed E-state index contributed by atoms with van der Waals surface area (Å²) in [5.41, 5.74) is 8.03. The van der Waals surface area contributed by atoms with E-state index in [1.54, 1.807) is 0 Å². The molecule has 0 saturated carbocycles. The molecule has 0 bridgehead atoms. The largest absolute Gasteiger partial charge is 0.354 e. The number of hydrogen-bond donors (Lipinski definition) is 2. The maximum atomic E-state index is 12.0. The molecule has 1 amide bonds. The Morgan fingerprint density at radius 1 is 1.22 bits per heavy atom. The Labute approximate surface area is 167 Å². The summed E-state index contributed by atoms with van der Waals surface area (Å²) in [5, 5.41) is 6.91. The Morgan fingerprint density at radius 2 is 1.85 bits per heavy atom. The van der Waals surface area contributed by atoms with Crippen LogP contribution in [0.1, 0.15) is 64.3 Å². The van der Waals surface area contributed by atoms with Crippen molar-refractivity contribution >= 4 is 18.3 Å². The maximum absolute atomic E-state index is 12.0. The summed E-state index contributed by atoms with van der Waals surface area (Å²) >= 11 is 0. The lowest BCUT2D eigenvalue weighted by Gasteiger charge is -2.26. The van der Waals surface area contributed by atoms with Gasteiger partial charge in [0.1, 0.15) is 0 Å². The van der Waals surface area contributed by atoms with Crippen molar-refractivity contribution in [1.29, 1.82) is 0 Å². The molecule has 1 heterocycles. The zero-order chi connectivity index (χ0) is 19.2. The first kappa shape index (κ1) is 23.1. The van der Waals surface area contributed by atoms with Crippen LogP contribution in [0.3, 0.4) is 0 Å². The van der Waals surface area contributed by atoms with Crippen LogP contribution in [-0.4, -0.2) is 28.1 Å². The molecule has 150 valence electrons. The molecule has 7 heteroatoms. The standard InChI is InChI=1S/C20H30N4O2.ClH/c1-5-20(21,6-2)13-22-17(25)11-12-18-23-19(24-26-18)16-9-7-15(8-10-16)14(3)4;/h7-10,14H,5-6,11-13,21H2,1-4H3,(H,22,25);1H. The highest BCUT2D eigenvalue weighted by Crippen LogP contribution is 2.20. The number of amides is 1. The van der Waals surface area contributed by atoms with E-state index in [0.29, 0.717) is 37.0 Å². The van der Waals surface area contributed by atoms with Gasteiger partial charge in [-0.3, -0.25) is 4.79 Å². The summed E-state index contributed by atoms with van der Waals surface area (Å²) in [5.74, 6) is 1.44. The first-order valence-electron chi connectivity index (χ1n) is 9.35. The highest BCUT2D eigenvalue weighted by molar-refractivity contribution is 5.85. The lowest BCUT2D eigenvalue weighted by molar-refractivity contribution is -0.121. The van der Waals surface area contributed by atoms with Gasteiger partial charge in [-0.05, 0) is 24.3 Å². The zero-order valence-electron chi connectivity index (χ0n) is 16.6. The van der Waals surface area contributed by atoms with Crippen LogP contribution in [0.5, 0.6) is 0 Å². The minimum atomic E-state index is -0.338. The van der Waals surface area contributed by atoms with Gasteiger partial charge in [-0.2, -0.15) is 4.98 Å². The fraction of sp³-hybridized carbons (Fsp3) is 0.550. The topological polar surface area (TPSA) is 94.0 Å². The molecule has 0 aliphatic heterocycles. The monoisotopic (exact) mass is 394 g/mol. The molecule has 0 aliphatic rings. The Morgan fingerprint density at radius 3 is 2.41 bits per heavy atom. The van der Waals surface area contributed by atoms with E-state index in [4.69, 9.17) is 10.3 Å². The van der Waals surface area contributed by atoms with Gasteiger partial charge in [-0.25, -0.2) is 0 Å². The third-order valence-corrected chi connectivity index (χ3v) is 4.92. The number of carbonyl (C=O) groups excluding carboxylic acids is 1. The number of rotatable bonds is 9. The molecule has 0 unspecified atom stereocenters. The van der Waals surface area contributed by atoms with E-state index >= 15 is 0 Å². The summed E-state index contributed by atoms with van der Waals surface area (Å²) in [6, 6.07) is 8.13. The lowest BCUT2D eigenvalue weighted by atomic mass is 9.94. The van der Waals surface area contributed by atoms with Crippen molar-refractivity contribution in [3.05, 3.63) is 35.7 Å². The molecule has 0 atom stereocenters. The molecule has 0 aliphatic carbocycles. The maximum Gasteiger partial charge on any atom is 0.227 e. The predicted octanol–water partition coefficient (Wildman–Crippen LogP) is 3.85. The van der Waals surface area contributed by atoms with E-state index < -0.39 is 0 Å². The summed E-state index contributed by atoms with van der Waals surface area (Å²) in [7, 11) is 0. The van der Waals surface area contributed by atoms with Crippen LogP contribution in [-0.2, 0) is 11.2 Å². The van der Waals surface area contributed by atoms with Gasteiger partial charge in [-0.15, -0.1) is 12.4 Å². The minimum absolute atomic E-state index is 0. The smallest absolute Gasteiger partial charge is 0.227 e. The molecule has 1 aromatic heterocycles. The van der Waals surface area contributed by atoms with Crippen LogP contribution in [0.2, 0.25) is 0 Å².